The number of carbonyl (C=O) groups is 1. The van der Waals surface area contributed by atoms with Crippen molar-refractivity contribution in [2.75, 3.05) is 27.3 Å². The lowest BCUT2D eigenvalue weighted by Crippen LogP contribution is -2.51. The number of methoxy groups -OCH3 is 2. The van der Waals surface area contributed by atoms with E-state index in [2.05, 4.69) is 34.1 Å². The molecule has 4 rings (SSSR count). The van der Waals surface area contributed by atoms with Gasteiger partial charge in [-0.3, -0.25) is 14.7 Å². The molecule has 1 amide bonds. The van der Waals surface area contributed by atoms with E-state index in [1.807, 2.05) is 30.3 Å². The fourth-order valence-electron chi connectivity index (χ4n) is 4.85. The summed E-state index contributed by atoms with van der Waals surface area (Å²) in [5.74, 6) is 1.34. The monoisotopic (exact) mass is 445 g/mol. The highest BCUT2D eigenvalue weighted by Gasteiger charge is 2.41. The Labute approximate surface area is 195 Å². The van der Waals surface area contributed by atoms with Gasteiger partial charge in [-0.05, 0) is 66.8 Å². The zero-order valence-electron chi connectivity index (χ0n) is 19.3. The van der Waals surface area contributed by atoms with Crippen LogP contribution in [0.2, 0.25) is 0 Å². The summed E-state index contributed by atoms with van der Waals surface area (Å²) in [5.41, 5.74) is 9.76. The molecule has 0 bridgehead atoms. The Balaban J connectivity index is 1.54. The molecule has 1 atom stereocenters. The van der Waals surface area contributed by atoms with Gasteiger partial charge in [-0.2, -0.15) is 0 Å². The number of nitrogens with two attached hydrogens (primary N) is 1. The molecule has 1 fully saturated rings. The van der Waals surface area contributed by atoms with Crippen LogP contribution in [0.1, 0.15) is 24.0 Å². The van der Waals surface area contributed by atoms with Crippen molar-refractivity contribution in [2.24, 2.45) is 11.1 Å². The number of pyridine rings is 1. The number of carbonyl (C=O) groups excluding carboxylic acids is 1. The van der Waals surface area contributed by atoms with Crippen LogP contribution in [0.5, 0.6) is 11.5 Å². The maximum atomic E-state index is 12.8. The first-order valence-electron chi connectivity index (χ1n) is 11.3. The fourth-order valence-corrected chi connectivity index (χ4v) is 4.85. The number of benzene rings is 2. The van der Waals surface area contributed by atoms with Crippen LogP contribution in [0.25, 0.3) is 11.1 Å². The molecule has 0 saturated carbocycles. The van der Waals surface area contributed by atoms with Gasteiger partial charge in [0.15, 0.2) is 0 Å². The highest BCUT2D eigenvalue weighted by molar-refractivity contribution is 5.81. The minimum absolute atomic E-state index is 0.239. The van der Waals surface area contributed by atoms with E-state index in [0.717, 1.165) is 53.1 Å². The van der Waals surface area contributed by atoms with Gasteiger partial charge >= 0.3 is 0 Å². The largest absolute Gasteiger partial charge is 0.496 e. The first kappa shape index (κ1) is 22.8. The molecule has 172 valence electrons. The van der Waals surface area contributed by atoms with Crippen molar-refractivity contribution >= 4 is 5.91 Å². The lowest BCUT2D eigenvalue weighted by atomic mass is 9.74. The quantitative estimate of drug-likeness (QED) is 0.565. The number of primary amides is 1. The number of likely N-dealkylation sites (tertiary alicyclic amines) is 1. The van der Waals surface area contributed by atoms with Gasteiger partial charge in [0.1, 0.15) is 11.5 Å². The summed E-state index contributed by atoms with van der Waals surface area (Å²) >= 11 is 0. The Bertz CT molecular complexity index is 1060. The number of piperidine rings is 1. The van der Waals surface area contributed by atoms with E-state index in [0.29, 0.717) is 19.5 Å². The third-order valence-corrected chi connectivity index (χ3v) is 6.60. The molecule has 2 aromatic carbocycles. The maximum absolute atomic E-state index is 12.8. The first-order chi connectivity index (χ1) is 16.0. The van der Waals surface area contributed by atoms with Gasteiger partial charge in [0, 0.05) is 25.5 Å². The Kier molecular flexibility index (Phi) is 6.94. The molecule has 33 heavy (non-hydrogen) atoms. The van der Waals surface area contributed by atoms with Crippen molar-refractivity contribution in [2.45, 2.75) is 25.8 Å². The van der Waals surface area contributed by atoms with E-state index in [9.17, 15) is 4.79 Å². The van der Waals surface area contributed by atoms with Crippen molar-refractivity contribution in [1.29, 1.82) is 0 Å². The minimum Gasteiger partial charge on any atom is -0.496 e. The maximum Gasteiger partial charge on any atom is 0.225 e. The van der Waals surface area contributed by atoms with Gasteiger partial charge in [-0.1, -0.05) is 30.3 Å². The van der Waals surface area contributed by atoms with Gasteiger partial charge in [-0.25, -0.2) is 0 Å². The summed E-state index contributed by atoms with van der Waals surface area (Å²) in [6.07, 6.45) is 5.90. The summed E-state index contributed by atoms with van der Waals surface area (Å²) < 4.78 is 11.1. The van der Waals surface area contributed by atoms with Crippen molar-refractivity contribution in [3.05, 3.63) is 78.1 Å². The van der Waals surface area contributed by atoms with E-state index in [-0.39, 0.29) is 5.91 Å². The number of amides is 1. The van der Waals surface area contributed by atoms with Crippen LogP contribution in [0.4, 0.5) is 0 Å². The Morgan fingerprint density at radius 3 is 2.24 bits per heavy atom. The van der Waals surface area contributed by atoms with Gasteiger partial charge in [0.25, 0.3) is 0 Å². The number of ether oxygens (including phenoxy) is 2. The summed E-state index contributed by atoms with van der Waals surface area (Å²) in [6, 6.07) is 18.2. The summed E-state index contributed by atoms with van der Waals surface area (Å²) in [4.78, 5) is 19.1. The SMILES string of the molecule is COc1cccc(OC)c1CN1CCCC(Cc2ccc(-c3ccncc3)cc2)(C(N)=O)C1. The highest BCUT2D eigenvalue weighted by atomic mass is 16.5. The van der Waals surface area contributed by atoms with Gasteiger partial charge in [0.05, 0.1) is 25.2 Å². The molecule has 1 aromatic heterocycles. The standard InChI is InChI=1S/C27H31N3O3/c1-32-24-5-3-6-25(33-2)23(24)18-30-16-4-13-27(19-30,26(28)31)17-20-7-9-21(10-8-20)22-11-14-29-15-12-22/h3,5-12,14-15H,4,13,16-19H2,1-2H3,(H2,28,31). The number of aromatic nitrogens is 1. The molecule has 6 heteroatoms. The second-order valence-electron chi connectivity index (χ2n) is 8.71. The van der Waals surface area contributed by atoms with E-state index in [1.165, 1.54) is 0 Å². The average molecular weight is 446 g/mol. The third kappa shape index (κ3) is 5.01. The van der Waals surface area contributed by atoms with E-state index in [4.69, 9.17) is 15.2 Å². The van der Waals surface area contributed by atoms with Crippen molar-refractivity contribution in [1.82, 2.24) is 9.88 Å². The molecule has 2 heterocycles. The van der Waals surface area contributed by atoms with Gasteiger partial charge in [-0.15, -0.1) is 0 Å². The van der Waals surface area contributed by atoms with Crippen molar-refractivity contribution in [3.8, 4) is 22.6 Å². The van der Waals surface area contributed by atoms with Crippen LogP contribution in [-0.4, -0.2) is 43.1 Å². The average Bonchev–Trinajstić information content (AvgIpc) is 2.85. The number of hydrogen-bond donors (Lipinski definition) is 1. The lowest BCUT2D eigenvalue weighted by Gasteiger charge is -2.41. The van der Waals surface area contributed by atoms with Crippen molar-refractivity contribution < 1.29 is 14.3 Å². The molecular weight excluding hydrogens is 414 g/mol. The molecule has 0 spiro atoms. The summed E-state index contributed by atoms with van der Waals surface area (Å²) in [5, 5.41) is 0. The molecular formula is C27H31N3O3. The smallest absolute Gasteiger partial charge is 0.225 e. The van der Waals surface area contributed by atoms with Crippen LogP contribution in [0.3, 0.4) is 0 Å². The van der Waals surface area contributed by atoms with Crippen LogP contribution < -0.4 is 15.2 Å². The van der Waals surface area contributed by atoms with Crippen LogP contribution >= 0.6 is 0 Å². The molecule has 1 saturated heterocycles. The van der Waals surface area contributed by atoms with Crippen LogP contribution in [-0.2, 0) is 17.8 Å². The fraction of sp³-hybridized carbons (Fsp3) is 0.333. The zero-order valence-corrected chi connectivity index (χ0v) is 19.3. The normalized spacial score (nSPS) is 18.6. The second-order valence-corrected chi connectivity index (χ2v) is 8.71. The van der Waals surface area contributed by atoms with Gasteiger partial charge in [0.2, 0.25) is 5.91 Å². The first-order valence-corrected chi connectivity index (χ1v) is 11.3. The predicted molar refractivity (Wildman–Crippen MR) is 129 cm³/mol. The van der Waals surface area contributed by atoms with Crippen molar-refractivity contribution in [3.63, 3.8) is 0 Å². The predicted octanol–water partition coefficient (Wildman–Crippen LogP) is 4.08. The van der Waals surface area contributed by atoms with E-state index in [1.54, 1.807) is 26.6 Å². The molecule has 3 aromatic rings. The van der Waals surface area contributed by atoms with Crippen LogP contribution in [0, 0.1) is 5.41 Å². The molecule has 1 unspecified atom stereocenters. The summed E-state index contributed by atoms with van der Waals surface area (Å²) in [7, 11) is 3.33. The number of hydrogen-bond acceptors (Lipinski definition) is 5. The minimum atomic E-state index is -0.605. The topological polar surface area (TPSA) is 77.7 Å². The van der Waals surface area contributed by atoms with Crippen LogP contribution in [0.15, 0.2) is 67.0 Å². The van der Waals surface area contributed by atoms with E-state index < -0.39 is 5.41 Å². The molecule has 1 aliphatic heterocycles. The molecule has 1 aliphatic rings. The Morgan fingerprint density at radius 2 is 1.64 bits per heavy atom. The highest BCUT2D eigenvalue weighted by Crippen LogP contribution is 2.37. The Morgan fingerprint density at radius 1 is 1.00 bits per heavy atom. The van der Waals surface area contributed by atoms with E-state index >= 15 is 0 Å². The lowest BCUT2D eigenvalue weighted by molar-refractivity contribution is -0.131. The molecule has 6 nitrogen and oxygen atoms in total. The zero-order chi connectivity index (χ0) is 23.3. The van der Waals surface area contributed by atoms with Gasteiger partial charge < -0.3 is 15.2 Å². The molecule has 0 aliphatic carbocycles. The Hall–Kier alpha value is -3.38. The molecule has 2 N–H and O–H groups in total. The third-order valence-electron chi connectivity index (χ3n) is 6.60. The summed E-state index contributed by atoms with van der Waals surface area (Å²) in [6.45, 7) is 2.15. The number of nitrogens with zero attached hydrogens (tertiary/aromatic N) is 2. The second kappa shape index (κ2) is 10.0. The molecule has 0 radical (unpaired) electrons. The number of rotatable bonds is 8.